The normalized spacial score (nSPS) is 19.0. The number of thiophene rings is 1. The van der Waals surface area contributed by atoms with Crippen LogP contribution in [0.2, 0.25) is 0 Å². The fraction of sp³-hybridized carbons (Fsp3) is 0.333. The van der Waals surface area contributed by atoms with Gasteiger partial charge in [0.1, 0.15) is 0 Å². The van der Waals surface area contributed by atoms with E-state index < -0.39 is 5.97 Å². The monoisotopic (exact) mass is 327 g/mol. The van der Waals surface area contributed by atoms with Gasteiger partial charge in [-0.25, -0.2) is 4.79 Å². The number of nitrogens with zero attached hydrogens (tertiary/aromatic N) is 1. The van der Waals surface area contributed by atoms with Gasteiger partial charge in [-0.3, -0.25) is 4.79 Å². The molecule has 1 aromatic carbocycles. The highest BCUT2D eigenvalue weighted by atomic mass is 32.1. The Morgan fingerprint density at radius 2 is 2.04 bits per heavy atom. The quantitative estimate of drug-likeness (QED) is 0.854. The fourth-order valence-corrected chi connectivity index (χ4v) is 4.33. The third-order valence-corrected chi connectivity index (χ3v) is 5.90. The Kier molecular flexibility index (Phi) is 3.27. The average Bonchev–Trinajstić information content (AvgIpc) is 3.22. The van der Waals surface area contributed by atoms with E-state index in [0.29, 0.717) is 22.2 Å². The molecule has 0 atom stereocenters. The molecule has 1 spiro atoms. The largest absolute Gasteiger partial charge is 0.478 e. The van der Waals surface area contributed by atoms with Gasteiger partial charge in [-0.15, -0.1) is 11.3 Å². The number of aromatic carboxylic acids is 1. The molecule has 4 rings (SSSR count). The topological polar surface area (TPSA) is 57.6 Å². The van der Waals surface area contributed by atoms with Gasteiger partial charge in [0.05, 0.1) is 10.4 Å². The standard InChI is InChI=1S/C18H17NO3S/c20-16(19-9-2-1-6-18(11-19)7-8-18)15-10-13-12(17(21)22)4-3-5-14(13)23-15/h1-5,10H,6-9,11H2,(H,21,22). The van der Waals surface area contributed by atoms with E-state index in [1.165, 1.54) is 24.2 Å². The smallest absolute Gasteiger partial charge is 0.336 e. The van der Waals surface area contributed by atoms with E-state index in [0.717, 1.165) is 17.7 Å². The van der Waals surface area contributed by atoms with Crippen molar-refractivity contribution in [2.24, 2.45) is 5.41 Å². The lowest BCUT2D eigenvalue weighted by Crippen LogP contribution is -2.34. The molecule has 0 unspecified atom stereocenters. The second-order valence-corrected chi connectivity index (χ2v) is 7.58. The second-order valence-electron chi connectivity index (χ2n) is 6.49. The van der Waals surface area contributed by atoms with Crippen molar-refractivity contribution in [2.75, 3.05) is 13.1 Å². The summed E-state index contributed by atoms with van der Waals surface area (Å²) in [6.45, 7) is 1.44. The van der Waals surface area contributed by atoms with Gasteiger partial charge in [0, 0.05) is 23.2 Å². The summed E-state index contributed by atoms with van der Waals surface area (Å²) in [6, 6.07) is 6.91. The van der Waals surface area contributed by atoms with E-state index in [-0.39, 0.29) is 11.5 Å². The first kappa shape index (κ1) is 14.5. The lowest BCUT2D eigenvalue weighted by Gasteiger charge is -2.23. The number of hydrogen-bond acceptors (Lipinski definition) is 3. The van der Waals surface area contributed by atoms with Crippen LogP contribution in [0.25, 0.3) is 10.1 Å². The predicted molar refractivity (Wildman–Crippen MR) is 90.1 cm³/mol. The molecule has 1 amide bonds. The molecule has 2 aliphatic rings. The molecule has 118 valence electrons. The number of carboxylic acids is 1. The van der Waals surface area contributed by atoms with Crippen LogP contribution in [0.1, 0.15) is 39.3 Å². The van der Waals surface area contributed by atoms with Gasteiger partial charge in [0.25, 0.3) is 5.91 Å². The van der Waals surface area contributed by atoms with Crippen LogP contribution in [0.3, 0.4) is 0 Å². The summed E-state index contributed by atoms with van der Waals surface area (Å²) < 4.78 is 0.847. The molecule has 1 saturated carbocycles. The second kappa shape index (κ2) is 5.20. The number of rotatable bonds is 2. The number of benzene rings is 1. The van der Waals surface area contributed by atoms with Crippen LogP contribution in [-0.4, -0.2) is 35.0 Å². The highest BCUT2D eigenvalue weighted by Gasteiger charge is 2.44. The first-order chi connectivity index (χ1) is 11.1. The van der Waals surface area contributed by atoms with Crippen LogP contribution in [0, 0.1) is 5.41 Å². The van der Waals surface area contributed by atoms with Crippen LogP contribution < -0.4 is 0 Å². The molecule has 0 radical (unpaired) electrons. The average molecular weight is 327 g/mol. The lowest BCUT2D eigenvalue weighted by atomic mass is 10.0. The zero-order chi connectivity index (χ0) is 16.0. The molecule has 1 aliphatic carbocycles. The van der Waals surface area contributed by atoms with Crippen LogP contribution in [0.15, 0.2) is 36.4 Å². The summed E-state index contributed by atoms with van der Waals surface area (Å²) >= 11 is 1.38. The third-order valence-electron chi connectivity index (χ3n) is 4.82. The Morgan fingerprint density at radius 3 is 2.78 bits per heavy atom. The number of carbonyl (C=O) groups excluding carboxylic acids is 1. The molecular formula is C18H17NO3S. The molecule has 4 nitrogen and oxygen atoms in total. The number of hydrogen-bond donors (Lipinski definition) is 1. The van der Waals surface area contributed by atoms with Crippen molar-refractivity contribution in [1.29, 1.82) is 0 Å². The predicted octanol–water partition coefficient (Wildman–Crippen LogP) is 3.78. The maximum Gasteiger partial charge on any atom is 0.336 e. The maximum atomic E-state index is 12.9. The number of carbonyl (C=O) groups is 2. The Balaban J connectivity index is 1.68. The third kappa shape index (κ3) is 2.55. The zero-order valence-corrected chi connectivity index (χ0v) is 13.4. The van der Waals surface area contributed by atoms with Gasteiger partial charge in [-0.2, -0.15) is 0 Å². The van der Waals surface area contributed by atoms with Gasteiger partial charge in [0.15, 0.2) is 0 Å². The van der Waals surface area contributed by atoms with Crippen molar-refractivity contribution in [3.63, 3.8) is 0 Å². The van der Waals surface area contributed by atoms with Crippen molar-refractivity contribution in [3.05, 3.63) is 46.9 Å². The van der Waals surface area contributed by atoms with E-state index in [1.807, 2.05) is 11.0 Å². The molecular weight excluding hydrogens is 310 g/mol. The Labute approximate surface area is 138 Å². The molecule has 0 saturated heterocycles. The van der Waals surface area contributed by atoms with E-state index in [1.54, 1.807) is 18.2 Å². The van der Waals surface area contributed by atoms with Crippen molar-refractivity contribution < 1.29 is 14.7 Å². The maximum absolute atomic E-state index is 12.9. The number of allylic oxidation sites excluding steroid dienone is 1. The Hall–Kier alpha value is -2.14. The summed E-state index contributed by atoms with van der Waals surface area (Å²) in [5.41, 5.74) is 0.554. The minimum absolute atomic E-state index is 0.0142. The van der Waals surface area contributed by atoms with Gasteiger partial charge in [-0.05, 0) is 42.9 Å². The Morgan fingerprint density at radius 1 is 1.22 bits per heavy atom. The summed E-state index contributed by atoms with van der Waals surface area (Å²) in [5, 5.41) is 9.95. The van der Waals surface area contributed by atoms with Crippen molar-refractivity contribution in [2.45, 2.75) is 19.3 Å². The summed E-state index contributed by atoms with van der Waals surface area (Å²) in [6.07, 6.45) is 7.70. The highest BCUT2D eigenvalue weighted by molar-refractivity contribution is 7.20. The number of carboxylic acid groups (broad SMARTS) is 1. The minimum Gasteiger partial charge on any atom is -0.478 e. The van der Waals surface area contributed by atoms with Gasteiger partial charge in [0.2, 0.25) is 0 Å². The molecule has 2 aromatic rings. The van der Waals surface area contributed by atoms with E-state index >= 15 is 0 Å². The SMILES string of the molecule is O=C(O)c1cccc2sc(C(=O)N3CC=CCC4(CC4)C3)cc12. The molecule has 2 heterocycles. The first-order valence-corrected chi connectivity index (χ1v) is 8.60. The van der Waals surface area contributed by atoms with Crippen LogP contribution in [-0.2, 0) is 0 Å². The zero-order valence-electron chi connectivity index (χ0n) is 12.6. The van der Waals surface area contributed by atoms with Gasteiger partial charge >= 0.3 is 5.97 Å². The van der Waals surface area contributed by atoms with Crippen LogP contribution >= 0.6 is 11.3 Å². The lowest BCUT2D eigenvalue weighted by molar-refractivity contribution is 0.0697. The molecule has 1 aromatic heterocycles. The summed E-state index contributed by atoms with van der Waals surface area (Å²) in [7, 11) is 0. The summed E-state index contributed by atoms with van der Waals surface area (Å²) in [4.78, 5) is 26.7. The molecule has 5 heteroatoms. The van der Waals surface area contributed by atoms with E-state index in [9.17, 15) is 14.7 Å². The van der Waals surface area contributed by atoms with Crippen molar-refractivity contribution in [3.8, 4) is 0 Å². The van der Waals surface area contributed by atoms with Crippen molar-refractivity contribution >= 4 is 33.3 Å². The Bertz CT molecular complexity index is 832. The summed E-state index contributed by atoms with van der Waals surface area (Å²) in [5.74, 6) is -0.942. The molecule has 23 heavy (non-hydrogen) atoms. The molecule has 1 N–H and O–H groups in total. The van der Waals surface area contributed by atoms with Gasteiger partial charge < -0.3 is 10.0 Å². The molecule has 1 aliphatic heterocycles. The first-order valence-electron chi connectivity index (χ1n) is 7.78. The van der Waals surface area contributed by atoms with Gasteiger partial charge in [-0.1, -0.05) is 18.2 Å². The van der Waals surface area contributed by atoms with Crippen LogP contribution in [0.4, 0.5) is 0 Å². The van der Waals surface area contributed by atoms with Crippen LogP contribution in [0.5, 0.6) is 0 Å². The molecule has 1 fully saturated rings. The highest BCUT2D eigenvalue weighted by Crippen LogP contribution is 2.50. The number of amides is 1. The number of fused-ring (bicyclic) bond motifs is 1. The molecule has 0 bridgehead atoms. The van der Waals surface area contributed by atoms with Crippen molar-refractivity contribution in [1.82, 2.24) is 4.90 Å². The van der Waals surface area contributed by atoms with E-state index in [4.69, 9.17) is 0 Å². The minimum atomic E-state index is -0.956. The fourth-order valence-electron chi connectivity index (χ4n) is 3.27. The van der Waals surface area contributed by atoms with E-state index in [2.05, 4.69) is 12.2 Å².